The minimum atomic E-state index is -0.106. The van der Waals surface area contributed by atoms with Crippen molar-refractivity contribution < 1.29 is 14.3 Å². The number of hydrogen-bond acceptors (Lipinski definition) is 3. The number of nitrogens with zero attached hydrogens (tertiary/aromatic N) is 2. The summed E-state index contributed by atoms with van der Waals surface area (Å²) in [7, 11) is 0. The van der Waals surface area contributed by atoms with Crippen molar-refractivity contribution >= 4 is 34.9 Å². The van der Waals surface area contributed by atoms with Gasteiger partial charge in [0.05, 0.1) is 12.2 Å². The highest BCUT2D eigenvalue weighted by atomic mass is 35.5. The smallest absolute Gasteiger partial charge is 0.324 e. The van der Waals surface area contributed by atoms with Gasteiger partial charge in [0.15, 0.2) is 0 Å². The molecule has 0 saturated carbocycles. The molecule has 3 amide bonds. The van der Waals surface area contributed by atoms with Crippen molar-refractivity contribution in [2.75, 3.05) is 29.9 Å². The lowest BCUT2D eigenvalue weighted by Crippen LogP contribution is -2.52. The lowest BCUT2D eigenvalue weighted by molar-refractivity contribution is -0.121. The third-order valence-corrected chi connectivity index (χ3v) is 6.02. The van der Waals surface area contributed by atoms with Gasteiger partial charge in [0, 0.05) is 29.7 Å². The fourth-order valence-electron chi connectivity index (χ4n) is 3.97. The number of amides is 3. The van der Waals surface area contributed by atoms with Crippen LogP contribution in [0.25, 0.3) is 0 Å². The highest BCUT2D eigenvalue weighted by molar-refractivity contribution is 6.30. The van der Waals surface area contributed by atoms with Crippen LogP contribution in [0.5, 0.6) is 5.75 Å². The highest BCUT2D eigenvalue weighted by Crippen LogP contribution is 2.35. The largest absolute Gasteiger partial charge is 0.486 e. The molecule has 0 aliphatic carbocycles. The second-order valence-corrected chi connectivity index (χ2v) is 8.20. The summed E-state index contributed by atoms with van der Waals surface area (Å²) in [5, 5.41) is 3.58. The van der Waals surface area contributed by atoms with E-state index in [0.29, 0.717) is 37.5 Å². The van der Waals surface area contributed by atoms with Gasteiger partial charge in [-0.1, -0.05) is 30.7 Å². The summed E-state index contributed by atoms with van der Waals surface area (Å²) in [6, 6.07) is 14.7. The molecule has 0 radical (unpaired) electrons. The molecular formula is C23H26ClN3O3. The minimum absolute atomic E-state index is 0.00723. The van der Waals surface area contributed by atoms with Gasteiger partial charge in [-0.25, -0.2) is 4.79 Å². The average molecular weight is 428 g/mol. The molecule has 0 aromatic heterocycles. The first-order chi connectivity index (χ1) is 14.5. The number of carbonyl (C=O) groups is 2. The van der Waals surface area contributed by atoms with Crippen molar-refractivity contribution in [3.63, 3.8) is 0 Å². The van der Waals surface area contributed by atoms with Crippen molar-refractivity contribution in [3.8, 4) is 5.75 Å². The summed E-state index contributed by atoms with van der Waals surface area (Å²) in [4.78, 5) is 29.5. The summed E-state index contributed by atoms with van der Waals surface area (Å²) in [6.45, 7) is 3.73. The lowest BCUT2D eigenvalue weighted by atomic mass is 9.96. The van der Waals surface area contributed by atoms with Crippen molar-refractivity contribution in [1.82, 2.24) is 4.90 Å². The normalized spacial score (nSPS) is 19.1. The Balaban J connectivity index is 1.37. The molecule has 1 saturated heterocycles. The minimum Gasteiger partial charge on any atom is -0.486 e. The van der Waals surface area contributed by atoms with Crippen LogP contribution in [0.3, 0.4) is 0 Å². The zero-order valence-corrected chi connectivity index (χ0v) is 17.8. The van der Waals surface area contributed by atoms with Crippen LogP contribution in [0.1, 0.15) is 26.2 Å². The van der Waals surface area contributed by atoms with Gasteiger partial charge >= 0.3 is 6.03 Å². The monoisotopic (exact) mass is 427 g/mol. The van der Waals surface area contributed by atoms with Crippen molar-refractivity contribution in [3.05, 3.63) is 53.6 Å². The molecule has 6 nitrogen and oxygen atoms in total. The maximum Gasteiger partial charge on any atom is 0.324 e. The molecular weight excluding hydrogens is 402 g/mol. The Labute approximate surface area is 181 Å². The SMILES string of the molecule is CC[C@@H]1CN(C(=O)N2CCC(C(=O)Nc3ccc(Cl)cc3)CC2)c2ccccc2O1. The fourth-order valence-corrected chi connectivity index (χ4v) is 4.10. The quantitative estimate of drug-likeness (QED) is 0.766. The Morgan fingerprint density at radius 3 is 2.50 bits per heavy atom. The Kier molecular flexibility index (Phi) is 6.13. The molecule has 1 N–H and O–H groups in total. The molecule has 2 heterocycles. The molecule has 2 aliphatic heterocycles. The van der Waals surface area contributed by atoms with Crippen LogP contribution in [-0.2, 0) is 4.79 Å². The van der Waals surface area contributed by atoms with E-state index < -0.39 is 0 Å². The number of para-hydroxylation sites is 2. The maximum absolute atomic E-state index is 13.3. The van der Waals surface area contributed by atoms with E-state index in [2.05, 4.69) is 12.2 Å². The van der Waals surface area contributed by atoms with Gasteiger partial charge in [0.1, 0.15) is 11.9 Å². The zero-order valence-electron chi connectivity index (χ0n) is 17.0. The first kappa shape index (κ1) is 20.5. The number of benzene rings is 2. The van der Waals surface area contributed by atoms with Gasteiger partial charge in [0.2, 0.25) is 5.91 Å². The number of fused-ring (bicyclic) bond motifs is 1. The second-order valence-electron chi connectivity index (χ2n) is 7.77. The van der Waals surface area contributed by atoms with Crippen LogP contribution in [0.2, 0.25) is 5.02 Å². The number of likely N-dealkylation sites (tertiary alicyclic amines) is 1. The molecule has 2 aromatic carbocycles. The van der Waals surface area contributed by atoms with Crippen LogP contribution >= 0.6 is 11.6 Å². The molecule has 1 atom stereocenters. The number of urea groups is 1. The lowest BCUT2D eigenvalue weighted by Gasteiger charge is -2.39. The topological polar surface area (TPSA) is 61.9 Å². The number of ether oxygens (including phenoxy) is 1. The Bertz CT molecular complexity index is 910. The van der Waals surface area contributed by atoms with Crippen molar-refractivity contribution in [1.29, 1.82) is 0 Å². The van der Waals surface area contributed by atoms with E-state index in [1.807, 2.05) is 34.1 Å². The number of nitrogens with one attached hydrogen (secondary N) is 1. The predicted molar refractivity (Wildman–Crippen MR) is 118 cm³/mol. The second kappa shape index (κ2) is 8.96. The summed E-state index contributed by atoms with van der Waals surface area (Å²) in [5.74, 6) is 0.637. The first-order valence-electron chi connectivity index (χ1n) is 10.4. The number of piperidine rings is 1. The average Bonchev–Trinajstić information content (AvgIpc) is 2.79. The predicted octanol–water partition coefficient (Wildman–Crippen LogP) is 4.79. The summed E-state index contributed by atoms with van der Waals surface area (Å²) in [6.07, 6.45) is 2.12. The summed E-state index contributed by atoms with van der Waals surface area (Å²) >= 11 is 5.89. The van der Waals surface area contributed by atoms with E-state index in [1.165, 1.54) is 0 Å². The molecule has 0 bridgehead atoms. The molecule has 1 fully saturated rings. The molecule has 4 rings (SSSR count). The Hall–Kier alpha value is -2.73. The van der Waals surface area contributed by atoms with E-state index in [1.54, 1.807) is 24.3 Å². The molecule has 7 heteroatoms. The number of halogens is 1. The van der Waals surface area contributed by atoms with E-state index >= 15 is 0 Å². The van der Waals surface area contributed by atoms with Gasteiger partial charge in [-0.2, -0.15) is 0 Å². The third-order valence-electron chi connectivity index (χ3n) is 5.77. The van der Waals surface area contributed by atoms with E-state index in [-0.39, 0.29) is 24.0 Å². The number of rotatable bonds is 3. The van der Waals surface area contributed by atoms with Crippen molar-refractivity contribution in [2.24, 2.45) is 5.92 Å². The summed E-state index contributed by atoms with van der Waals surface area (Å²) < 4.78 is 5.99. The fraction of sp³-hybridized carbons (Fsp3) is 0.391. The standard InChI is InChI=1S/C23H26ClN3O3/c1-2-19-15-27(20-5-3-4-6-21(20)30-19)23(29)26-13-11-16(12-14-26)22(28)25-18-9-7-17(24)8-10-18/h3-10,16,19H,2,11-15H2,1H3,(H,25,28)/t19-/m1/s1. The van der Waals surface area contributed by atoms with E-state index in [9.17, 15) is 9.59 Å². The molecule has 0 unspecified atom stereocenters. The van der Waals surface area contributed by atoms with E-state index in [4.69, 9.17) is 16.3 Å². The van der Waals surface area contributed by atoms with Gasteiger partial charge in [0.25, 0.3) is 0 Å². The van der Waals surface area contributed by atoms with Gasteiger partial charge in [-0.3, -0.25) is 9.69 Å². The third kappa shape index (κ3) is 4.38. The van der Waals surface area contributed by atoms with Crippen LogP contribution in [0.4, 0.5) is 16.2 Å². The van der Waals surface area contributed by atoms with Crippen molar-refractivity contribution in [2.45, 2.75) is 32.3 Å². The number of anilines is 2. The molecule has 2 aliphatic rings. The van der Waals surface area contributed by atoms with Crippen LogP contribution in [-0.4, -0.2) is 42.6 Å². The molecule has 30 heavy (non-hydrogen) atoms. The van der Waals surface area contributed by atoms with Crippen LogP contribution in [0, 0.1) is 5.92 Å². The van der Waals surface area contributed by atoms with E-state index in [0.717, 1.165) is 23.5 Å². The van der Waals surface area contributed by atoms with Gasteiger partial charge in [-0.15, -0.1) is 0 Å². The molecule has 158 valence electrons. The molecule has 0 spiro atoms. The zero-order chi connectivity index (χ0) is 21.1. The highest BCUT2D eigenvalue weighted by Gasteiger charge is 2.34. The summed E-state index contributed by atoms with van der Waals surface area (Å²) in [5.41, 5.74) is 1.55. The number of carbonyl (C=O) groups excluding carboxylic acids is 2. The first-order valence-corrected chi connectivity index (χ1v) is 10.8. The maximum atomic E-state index is 13.3. The Morgan fingerprint density at radius 2 is 1.80 bits per heavy atom. The molecule has 2 aromatic rings. The van der Waals surface area contributed by atoms with Gasteiger partial charge in [-0.05, 0) is 55.7 Å². The van der Waals surface area contributed by atoms with Gasteiger partial charge < -0.3 is 15.0 Å². The van der Waals surface area contributed by atoms with Crippen LogP contribution < -0.4 is 15.0 Å². The number of hydrogen-bond donors (Lipinski definition) is 1. The Morgan fingerprint density at radius 1 is 1.10 bits per heavy atom. The van der Waals surface area contributed by atoms with Crippen LogP contribution in [0.15, 0.2) is 48.5 Å².